The molecule has 30 heavy (non-hydrogen) atoms. The first kappa shape index (κ1) is 64.3. The Morgan fingerprint density at radius 1 is 0.633 bits per heavy atom. The van der Waals surface area contributed by atoms with Crippen molar-refractivity contribution in [2.75, 3.05) is 52.9 Å². The zero-order chi connectivity index (χ0) is 18.2. The summed E-state index contributed by atoms with van der Waals surface area (Å²) in [6.07, 6.45) is 1.63. The second-order valence-electron chi connectivity index (χ2n) is 3.93. The fourth-order valence-corrected chi connectivity index (χ4v) is 1.22. The third-order valence-corrected chi connectivity index (χ3v) is 2.16. The SMILES string of the molecule is C.C.C.C.C.C.I.II.I[I-]I.OCCCOCC(COCCCO)OCCCO. The minimum Gasteiger partial charge on any atom is -0.396 e. The van der Waals surface area contributed by atoms with Gasteiger partial charge in [-0.3, -0.25) is 0 Å². The van der Waals surface area contributed by atoms with E-state index in [-0.39, 0.29) is 94.5 Å². The molecule has 0 fully saturated rings. The van der Waals surface area contributed by atoms with Crippen LogP contribution in [-0.2, 0) is 14.2 Å². The van der Waals surface area contributed by atoms with Gasteiger partial charge in [0.15, 0.2) is 0 Å². The maximum Gasteiger partial charge on any atom is 0.104 e. The minimum atomic E-state index is -0.172. The number of aliphatic hydroxyl groups excluding tert-OH is 3. The van der Waals surface area contributed by atoms with Crippen molar-refractivity contribution < 1.29 is 42.8 Å². The van der Waals surface area contributed by atoms with Crippen LogP contribution in [0.15, 0.2) is 0 Å². The van der Waals surface area contributed by atoms with Gasteiger partial charge < -0.3 is 29.5 Å². The summed E-state index contributed by atoms with van der Waals surface area (Å²) in [6.45, 7) is 2.60. The maximum atomic E-state index is 8.67. The van der Waals surface area contributed by atoms with Crippen molar-refractivity contribution in [2.24, 2.45) is 0 Å². The number of hydrogen-bond acceptors (Lipinski definition) is 6. The van der Waals surface area contributed by atoms with E-state index in [0.29, 0.717) is 65.6 Å². The molecule has 12 heteroatoms. The van der Waals surface area contributed by atoms with Gasteiger partial charge in [0.2, 0.25) is 0 Å². The monoisotopic (exact) mass is 1120 g/mol. The van der Waals surface area contributed by atoms with Gasteiger partial charge in [-0.15, -0.1) is 24.0 Å². The summed E-state index contributed by atoms with van der Waals surface area (Å²) in [7, 11) is 0. The standard InChI is InChI=1S/C12H26O6.6CH4.I3.I2.HI/c13-4-1-7-16-10-12(18-9-3-6-15)11-17-8-2-5-14;;;;;;;1-3-2;1-2;/h12-15H,1-11H2;6*1H4;;;1H/q;;;;;;;-1;;. The molecule has 0 radical (unpaired) electrons. The summed E-state index contributed by atoms with van der Waals surface area (Å²) < 4.78 is 16.2. The van der Waals surface area contributed by atoms with Crippen molar-refractivity contribution in [3.05, 3.63) is 0 Å². The molecule has 0 rings (SSSR count). The zero-order valence-electron chi connectivity index (χ0n) is 13.2. The largest absolute Gasteiger partial charge is 0.396 e. The first-order valence-corrected chi connectivity index (χ1v) is 25.7. The molecule has 0 aliphatic rings. The number of halogens is 6. The molecule has 0 unspecified atom stereocenters. The van der Waals surface area contributed by atoms with Crippen LogP contribution in [0.25, 0.3) is 0 Å². The summed E-state index contributed by atoms with van der Waals surface area (Å²) in [5.41, 5.74) is 0. The van der Waals surface area contributed by atoms with Crippen molar-refractivity contribution in [1.82, 2.24) is 0 Å². The molecule has 0 heterocycles. The number of aliphatic hydroxyl groups is 3. The molecule has 0 saturated carbocycles. The molecule has 0 aromatic carbocycles. The predicted octanol–water partition coefficient (Wildman–Crippen LogP) is 4.53. The molecular weight excluding hydrogens is 1070 g/mol. The van der Waals surface area contributed by atoms with Crippen LogP contribution in [0, 0.1) is 0 Å². The normalized spacial score (nSPS) is 7.73. The first-order chi connectivity index (χ1) is 11.3. The average molecular weight is 1130 g/mol. The number of rotatable bonds is 14. The third kappa shape index (κ3) is 69.7. The van der Waals surface area contributed by atoms with Crippen LogP contribution in [0.2, 0.25) is 0 Å². The summed E-state index contributed by atoms with van der Waals surface area (Å²) >= 11 is 9.54. The molecule has 0 spiro atoms. The Morgan fingerprint density at radius 2 is 0.900 bits per heavy atom. The number of hydrogen-bond donors (Lipinski definition) is 3. The smallest absolute Gasteiger partial charge is 0.104 e. The van der Waals surface area contributed by atoms with Gasteiger partial charge in [-0.1, -0.05) is 44.6 Å². The third-order valence-electron chi connectivity index (χ3n) is 2.16. The minimum absolute atomic E-state index is 0. The Balaban J connectivity index is -0.0000000382. The van der Waals surface area contributed by atoms with Gasteiger partial charge in [-0.2, -0.15) is 0 Å². The van der Waals surface area contributed by atoms with Crippen molar-refractivity contribution in [3.8, 4) is 0 Å². The molecule has 6 nitrogen and oxygen atoms in total. The fourth-order valence-electron chi connectivity index (χ4n) is 1.22. The van der Waals surface area contributed by atoms with E-state index < -0.39 is 0 Å². The summed E-state index contributed by atoms with van der Waals surface area (Å²) in [6, 6.07) is 0. The molecule has 0 amide bonds. The molecule has 0 saturated heterocycles. The van der Waals surface area contributed by atoms with Crippen molar-refractivity contribution >= 4 is 98.4 Å². The molecule has 0 atom stereocenters. The molecular formula is C18H51I6O6-. The summed E-state index contributed by atoms with van der Waals surface area (Å²) in [5, 5.41) is 25.9. The van der Waals surface area contributed by atoms with Crippen LogP contribution < -0.4 is 13.3 Å². The van der Waals surface area contributed by atoms with E-state index >= 15 is 0 Å². The van der Waals surface area contributed by atoms with Crippen LogP contribution in [0.1, 0.15) is 63.8 Å². The van der Waals surface area contributed by atoms with E-state index in [1.807, 2.05) is 0 Å². The number of ether oxygens (including phenoxy) is 3. The Hall–Kier alpha value is 4.14. The molecule has 0 aromatic heterocycles. The van der Waals surface area contributed by atoms with Gasteiger partial charge in [0.1, 0.15) is 6.10 Å². The van der Waals surface area contributed by atoms with Crippen LogP contribution in [0.4, 0.5) is 0 Å². The quantitative estimate of drug-likeness (QED) is 0.175. The van der Waals surface area contributed by atoms with Gasteiger partial charge in [0.05, 0.1) is 13.2 Å². The van der Waals surface area contributed by atoms with Gasteiger partial charge in [0, 0.05) is 76.9 Å². The molecule has 3 N–H and O–H groups in total. The van der Waals surface area contributed by atoms with Crippen molar-refractivity contribution in [3.63, 3.8) is 0 Å². The van der Waals surface area contributed by atoms with Gasteiger partial charge in [-0.25, -0.2) is 0 Å². The van der Waals surface area contributed by atoms with E-state index in [1.54, 1.807) is 0 Å². The van der Waals surface area contributed by atoms with Crippen molar-refractivity contribution in [2.45, 2.75) is 69.9 Å². The molecule has 202 valence electrons. The summed E-state index contributed by atoms with van der Waals surface area (Å²) in [4.78, 5) is 0. The Kier molecular flexibility index (Phi) is 150. The average Bonchev–Trinajstić information content (AvgIpc) is 2.57. The van der Waals surface area contributed by atoms with Crippen LogP contribution in [0.3, 0.4) is 0 Å². The molecule has 0 aromatic rings. The molecule has 0 aliphatic carbocycles. The zero-order valence-corrected chi connectivity index (χ0v) is 26.3. The fraction of sp³-hybridized carbons (Fsp3) is 1.00. The summed E-state index contributed by atoms with van der Waals surface area (Å²) in [5.74, 6) is 0. The van der Waals surface area contributed by atoms with Gasteiger partial charge in [-0.05, 0) is 19.3 Å². The van der Waals surface area contributed by atoms with Crippen LogP contribution in [0.5, 0.6) is 0 Å². The second-order valence-corrected chi connectivity index (χ2v) is 20.2. The molecule has 0 aliphatic heterocycles. The van der Waals surface area contributed by atoms with Gasteiger partial charge in [0.25, 0.3) is 0 Å². The predicted molar refractivity (Wildman–Crippen MR) is 178 cm³/mol. The van der Waals surface area contributed by atoms with E-state index in [4.69, 9.17) is 29.5 Å². The first-order valence-electron chi connectivity index (χ1n) is 6.87. The van der Waals surface area contributed by atoms with Crippen LogP contribution >= 0.6 is 98.4 Å². The van der Waals surface area contributed by atoms with E-state index in [1.165, 1.54) is 0 Å². The maximum absolute atomic E-state index is 8.67. The van der Waals surface area contributed by atoms with E-state index in [0.717, 1.165) is 0 Å². The molecule has 0 bridgehead atoms. The topological polar surface area (TPSA) is 88.4 Å². The Labute approximate surface area is 259 Å². The Bertz CT molecular complexity index is 179. The van der Waals surface area contributed by atoms with E-state index in [2.05, 4.69) is 74.5 Å². The Morgan fingerprint density at radius 3 is 1.17 bits per heavy atom. The van der Waals surface area contributed by atoms with Crippen LogP contribution in [-0.4, -0.2) is 74.3 Å². The van der Waals surface area contributed by atoms with Gasteiger partial charge >= 0.3 is 50.5 Å². The second kappa shape index (κ2) is 69.8. The van der Waals surface area contributed by atoms with Crippen molar-refractivity contribution in [1.29, 1.82) is 0 Å². The van der Waals surface area contributed by atoms with E-state index in [9.17, 15) is 0 Å².